The summed E-state index contributed by atoms with van der Waals surface area (Å²) in [4.78, 5) is 26.6. The van der Waals surface area contributed by atoms with Crippen molar-refractivity contribution >= 4 is 23.5 Å². The Kier molecular flexibility index (Phi) is 8.37. The zero-order valence-electron chi connectivity index (χ0n) is 22.5. The van der Waals surface area contributed by atoms with Crippen molar-refractivity contribution in [1.82, 2.24) is 14.7 Å². The molecule has 0 atom stereocenters. The smallest absolute Gasteiger partial charge is 0.410 e. The predicted molar refractivity (Wildman–Crippen MR) is 144 cm³/mol. The summed E-state index contributed by atoms with van der Waals surface area (Å²) in [5.41, 5.74) is 1.27. The molecule has 3 aromatic rings. The van der Waals surface area contributed by atoms with Crippen LogP contribution in [-0.2, 0) is 11.8 Å². The van der Waals surface area contributed by atoms with E-state index < -0.39 is 23.3 Å². The Bertz CT molecular complexity index is 1330. The van der Waals surface area contributed by atoms with Crippen LogP contribution in [0.2, 0.25) is 0 Å². The van der Waals surface area contributed by atoms with E-state index in [9.17, 15) is 18.4 Å². The number of benzene rings is 2. The molecule has 11 heteroatoms. The van der Waals surface area contributed by atoms with Gasteiger partial charge >= 0.3 is 12.1 Å². The number of nitrogens with zero attached hydrogens (tertiary/aromatic N) is 3. The summed E-state index contributed by atoms with van der Waals surface area (Å²) in [5.74, 6) is -0.731. The lowest BCUT2D eigenvalue weighted by Gasteiger charge is -2.33. The number of urea groups is 1. The lowest BCUT2D eigenvalue weighted by atomic mass is 9.98. The first kappa shape index (κ1) is 27.9. The SMILES string of the molecule is Cn1nccc1-c1cc(NC(=O)Nc2ccc(F)cc2F)ccc1OCC1CCN(C(=O)OC(C)(C)C)CC1. The molecule has 1 fully saturated rings. The van der Waals surface area contributed by atoms with Gasteiger partial charge in [0.05, 0.1) is 18.0 Å². The molecule has 2 aromatic carbocycles. The number of carbonyl (C=O) groups excluding carboxylic acids is 2. The first-order chi connectivity index (χ1) is 18.5. The Hall–Kier alpha value is -4.15. The van der Waals surface area contributed by atoms with Gasteiger partial charge in [0.15, 0.2) is 0 Å². The normalized spacial score (nSPS) is 14.2. The number of hydrogen-bond donors (Lipinski definition) is 2. The molecule has 0 unspecified atom stereocenters. The minimum Gasteiger partial charge on any atom is -0.493 e. The molecule has 1 saturated heterocycles. The Balaban J connectivity index is 1.41. The topological polar surface area (TPSA) is 97.7 Å². The molecule has 0 saturated carbocycles. The lowest BCUT2D eigenvalue weighted by Crippen LogP contribution is -2.42. The van der Waals surface area contributed by atoms with Crippen molar-refractivity contribution < 1.29 is 27.8 Å². The van der Waals surface area contributed by atoms with Crippen LogP contribution in [0.25, 0.3) is 11.3 Å². The molecule has 0 bridgehead atoms. The average Bonchev–Trinajstić information content (AvgIpc) is 3.29. The minimum atomic E-state index is -0.874. The summed E-state index contributed by atoms with van der Waals surface area (Å²) in [6, 6.07) is 9.25. The number of aromatic nitrogens is 2. The summed E-state index contributed by atoms with van der Waals surface area (Å²) in [5, 5.41) is 9.29. The molecule has 4 rings (SSSR count). The monoisotopic (exact) mass is 541 g/mol. The van der Waals surface area contributed by atoms with Crippen LogP contribution >= 0.6 is 0 Å². The second-order valence-electron chi connectivity index (χ2n) is 10.5. The molecular weight excluding hydrogens is 508 g/mol. The van der Waals surface area contributed by atoms with Gasteiger partial charge in [-0.25, -0.2) is 18.4 Å². The fourth-order valence-electron chi connectivity index (χ4n) is 4.26. The van der Waals surface area contributed by atoms with Crippen LogP contribution in [0.3, 0.4) is 0 Å². The van der Waals surface area contributed by atoms with Gasteiger partial charge in [-0.1, -0.05) is 0 Å². The maximum absolute atomic E-state index is 13.9. The van der Waals surface area contributed by atoms with E-state index in [-0.39, 0.29) is 17.7 Å². The number of amides is 3. The van der Waals surface area contributed by atoms with Crippen molar-refractivity contribution in [1.29, 1.82) is 0 Å². The molecule has 1 aromatic heterocycles. The van der Waals surface area contributed by atoms with E-state index in [4.69, 9.17) is 9.47 Å². The number of likely N-dealkylation sites (tertiary alicyclic amines) is 1. The van der Waals surface area contributed by atoms with Crippen LogP contribution in [0.4, 0.5) is 29.7 Å². The van der Waals surface area contributed by atoms with E-state index in [1.165, 1.54) is 0 Å². The molecule has 39 heavy (non-hydrogen) atoms. The molecule has 2 heterocycles. The van der Waals surface area contributed by atoms with Gasteiger partial charge in [0.25, 0.3) is 0 Å². The minimum absolute atomic E-state index is 0.140. The standard InChI is InChI=1S/C28H33F2N5O4/c1-28(2,3)39-27(37)35-13-10-18(11-14-35)17-38-25-8-6-20(16-21(25)24-9-12-31-34(24)4)32-26(36)33-23-7-5-19(29)15-22(23)30/h5-9,12,15-16,18H,10-11,13-14,17H2,1-4H3,(H2,32,33,36). The highest BCUT2D eigenvalue weighted by molar-refractivity contribution is 6.00. The second kappa shape index (κ2) is 11.7. The van der Waals surface area contributed by atoms with Gasteiger partial charge in [-0.2, -0.15) is 5.10 Å². The van der Waals surface area contributed by atoms with Crippen LogP contribution in [0, 0.1) is 17.6 Å². The zero-order valence-corrected chi connectivity index (χ0v) is 22.5. The third-order valence-corrected chi connectivity index (χ3v) is 6.25. The summed E-state index contributed by atoms with van der Waals surface area (Å²) < 4.78 is 40.5. The highest BCUT2D eigenvalue weighted by Gasteiger charge is 2.27. The molecule has 2 N–H and O–H groups in total. The number of aryl methyl sites for hydroxylation is 1. The van der Waals surface area contributed by atoms with Crippen LogP contribution in [0.5, 0.6) is 5.75 Å². The molecule has 1 aliphatic heterocycles. The number of anilines is 2. The molecule has 0 radical (unpaired) electrons. The third-order valence-electron chi connectivity index (χ3n) is 6.25. The largest absolute Gasteiger partial charge is 0.493 e. The average molecular weight is 542 g/mol. The van der Waals surface area contributed by atoms with Gasteiger partial charge in [-0.3, -0.25) is 4.68 Å². The fraction of sp³-hybridized carbons (Fsp3) is 0.393. The van der Waals surface area contributed by atoms with Gasteiger partial charge in [0, 0.05) is 43.7 Å². The van der Waals surface area contributed by atoms with Crippen molar-refractivity contribution in [3.63, 3.8) is 0 Å². The second-order valence-corrected chi connectivity index (χ2v) is 10.5. The molecule has 9 nitrogen and oxygen atoms in total. The molecular formula is C28H33F2N5O4. The van der Waals surface area contributed by atoms with E-state index in [2.05, 4.69) is 15.7 Å². The van der Waals surface area contributed by atoms with Crippen molar-refractivity contribution in [2.45, 2.75) is 39.2 Å². The molecule has 3 amide bonds. The molecule has 0 spiro atoms. The van der Waals surface area contributed by atoms with Crippen LogP contribution in [-0.4, -0.2) is 52.1 Å². The fourth-order valence-corrected chi connectivity index (χ4v) is 4.26. The Morgan fingerprint density at radius 1 is 1.05 bits per heavy atom. The molecule has 0 aliphatic carbocycles. The van der Waals surface area contributed by atoms with Gasteiger partial charge in [0.1, 0.15) is 23.0 Å². The van der Waals surface area contributed by atoms with Crippen molar-refractivity contribution in [3.8, 4) is 17.0 Å². The third kappa shape index (κ3) is 7.46. The lowest BCUT2D eigenvalue weighted by molar-refractivity contribution is 0.0165. The highest BCUT2D eigenvalue weighted by atomic mass is 19.1. The Labute approximate surface area is 226 Å². The number of hydrogen-bond acceptors (Lipinski definition) is 5. The van der Waals surface area contributed by atoms with Crippen molar-refractivity contribution in [2.75, 3.05) is 30.3 Å². The van der Waals surface area contributed by atoms with Crippen molar-refractivity contribution in [3.05, 3.63) is 60.3 Å². The van der Waals surface area contributed by atoms with Crippen LogP contribution in [0.1, 0.15) is 33.6 Å². The number of piperidine rings is 1. The van der Waals surface area contributed by atoms with E-state index >= 15 is 0 Å². The number of rotatable bonds is 6. The predicted octanol–water partition coefficient (Wildman–Crippen LogP) is 6.04. The Morgan fingerprint density at radius 2 is 1.79 bits per heavy atom. The van der Waals surface area contributed by atoms with Crippen molar-refractivity contribution in [2.24, 2.45) is 13.0 Å². The number of ether oxygens (including phenoxy) is 2. The first-order valence-corrected chi connectivity index (χ1v) is 12.7. The summed E-state index contributed by atoms with van der Waals surface area (Å²) in [6.45, 7) is 7.22. The highest BCUT2D eigenvalue weighted by Crippen LogP contribution is 2.33. The number of nitrogens with one attached hydrogen (secondary N) is 2. The summed E-state index contributed by atoms with van der Waals surface area (Å²) >= 11 is 0. The Morgan fingerprint density at radius 3 is 2.44 bits per heavy atom. The maximum Gasteiger partial charge on any atom is 0.410 e. The first-order valence-electron chi connectivity index (χ1n) is 12.7. The van der Waals surface area contributed by atoms with Gasteiger partial charge < -0.3 is 25.0 Å². The van der Waals surface area contributed by atoms with E-state index in [0.717, 1.165) is 30.7 Å². The van der Waals surface area contributed by atoms with Crippen LogP contribution in [0.15, 0.2) is 48.7 Å². The van der Waals surface area contributed by atoms with Gasteiger partial charge in [-0.15, -0.1) is 0 Å². The van der Waals surface area contributed by atoms with E-state index in [0.29, 0.717) is 42.8 Å². The number of halogens is 2. The van der Waals surface area contributed by atoms with E-state index in [1.54, 1.807) is 41.0 Å². The van der Waals surface area contributed by atoms with Gasteiger partial charge in [0.2, 0.25) is 0 Å². The maximum atomic E-state index is 13.9. The van der Waals surface area contributed by atoms with Gasteiger partial charge in [-0.05, 0) is 75.9 Å². The summed E-state index contributed by atoms with van der Waals surface area (Å²) in [6.07, 6.45) is 2.95. The molecule has 208 valence electrons. The molecule has 1 aliphatic rings. The van der Waals surface area contributed by atoms with Crippen LogP contribution < -0.4 is 15.4 Å². The van der Waals surface area contributed by atoms with E-state index in [1.807, 2.05) is 26.8 Å². The quantitative estimate of drug-likeness (QED) is 0.397. The summed E-state index contributed by atoms with van der Waals surface area (Å²) in [7, 11) is 1.80. The number of carbonyl (C=O) groups is 2. The zero-order chi connectivity index (χ0) is 28.2.